The molecule has 0 spiro atoms. The van der Waals surface area contributed by atoms with Crippen LogP contribution in [0, 0.1) is 5.92 Å². The Bertz CT molecular complexity index is 1120. The molecule has 2 N–H and O–H groups in total. The van der Waals surface area contributed by atoms with Crippen molar-refractivity contribution in [2.45, 2.75) is 76.4 Å². The molecule has 3 aliphatic rings. The first-order valence-electron chi connectivity index (χ1n) is 12.3. The third-order valence-electron chi connectivity index (χ3n) is 7.64. The van der Waals surface area contributed by atoms with E-state index in [4.69, 9.17) is 9.47 Å². The molecular formula is C28H33NO5. The molecule has 1 amide bonds. The lowest BCUT2D eigenvalue weighted by molar-refractivity contribution is -0.138. The number of hydrogen-bond donors (Lipinski definition) is 2. The zero-order valence-corrected chi connectivity index (χ0v) is 20.0. The monoisotopic (exact) mass is 463 g/mol. The first-order valence-corrected chi connectivity index (χ1v) is 12.3. The fourth-order valence-corrected chi connectivity index (χ4v) is 5.97. The lowest BCUT2D eigenvalue weighted by atomic mass is 9.71. The van der Waals surface area contributed by atoms with Crippen LogP contribution < -0.4 is 10.1 Å². The highest BCUT2D eigenvalue weighted by atomic mass is 16.5. The zero-order valence-electron chi connectivity index (χ0n) is 20.0. The summed E-state index contributed by atoms with van der Waals surface area (Å²) in [6.07, 6.45) is 5.97. The summed E-state index contributed by atoms with van der Waals surface area (Å²) in [5.74, 6) is 0.492. The molecule has 6 nitrogen and oxygen atoms in total. The van der Waals surface area contributed by atoms with E-state index in [2.05, 4.69) is 31.3 Å². The molecule has 0 saturated heterocycles. The fourth-order valence-electron chi connectivity index (χ4n) is 5.97. The zero-order chi connectivity index (χ0) is 23.9. The standard InChI is InChI=1S/C28H33NO5/c1-27(2,23-9-5-8-19-12-13-33-24(19)23)17-28(32,15-18-6-3-4-7-18)26(31)29-21-10-11-22-20(14-21)16-34-25(22)30/h5,8-11,14,18,32H,3-4,6-7,12-13,15-17H2,1-2H3,(H,29,31). The van der Waals surface area contributed by atoms with Gasteiger partial charge in [0.1, 0.15) is 18.0 Å². The molecule has 2 aromatic carbocycles. The van der Waals surface area contributed by atoms with Gasteiger partial charge in [0.15, 0.2) is 0 Å². The van der Waals surface area contributed by atoms with Gasteiger partial charge in [-0.3, -0.25) is 4.79 Å². The van der Waals surface area contributed by atoms with Gasteiger partial charge in [-0.2, -0.15) is 0 Å². The van der Waals surface area contributed by atoms with Gasteiger partial charge < -0.3 is 19.9 Å². The van der Waals surface area contributed by atoms with Gasteiger partial charge in [0.25, 0.3) is 5.91 Å². The van der Waals surface area contributed by atoms with Gasteiger partial charge in [0.05, 0.1) is 12.2 Å². The smallest absolute Gasteiger partial charge is 0.338 e. The molecule has 2 aromatic rings. The molecule has 1 fully saturated rings. The highest BCUT2D eigenvalue weighted by molar-refractivity contribution is 5.99. The van der Waals surface area contributed by atoms with Crippen molar-refractivity contribution in [2.75, 3.05) is 11.9 Å². The van der Waals surface area contributed by atoms with Crippen LogP contribution in [0.5, 0.6) is 5.75 Å². The van der Waals surface area contributed by atoms with Crippen LogP contribution in [0.15, 0.2) is 36.4 Å². The number of nitrogens with one attached hydrogen (secondary N) is 1. The van der Waals surface area contributed by atoms with E-state index in [9.17, 15) is 14.7 Å². The number of carbonyl (C=O) groups excluding carboxylic acids is 2. The minimum absolute atomic E-state index is 0.205. The molecular weight excluding hydrogens is 430 g/mol. The average molecular weight is 464 g/mol. The summed E-state index contributed by atoms with van der Waals surface area (Å²) in [4.78, 5) is 25.4. The fraction of sp³-hybridized carbons (Fsp3) is 0.500. The van der Waals surface area contributed by atoms with Crippen molar-refractivity contribution in [1.82, 2.24) is 0 Å². The molecule has 0 aromatic heterocycles. The summed E-state index contributed by atoms with van der Waals surface area (Å²) in [6, 6.07) is 11.3. The molecule has 2 heterocycles. The second-order valence-corrected chi connectivity index (χ2v) is 10.7. The van der Waals surface area contributed by atoms with Crippen LogP contribution >= 0.6 is 0 Å². The molecule has 2 aliphatic heterocycles. The van der Waals surface area contributed by atoms with Gasteiger partial charge in [-0.1, -0.05) is 57.7 Å². The van der Waals surface area contributed by atoms with Crippen LogP contribution in [0.3, 0.4) is 0 Å². The Kier molecular flexibility index (Phi) is 5.88. The molecule has 34 heavy (non-hydrogen) atoms. The number of anilines is 1. The first-order chi connectivity index (χ1) is 16.2. The molecule has 6 heteroatoms. The van der Waals surface area contributed by atoms with E-state index in [1.807, 2.05) is 6.07 Å². The quantitative estimate of drug-likeness (QED) is 0.570. The van der Waals surface area contributed by atoms with Crippen LogP contribution in [0.4, 0.5) is 5.69 Å². The summed E-state index contributed by atoms with van der Waals surface area (Å²) >= 11 is 0. The van der Waals surface area contributed by atoms with E-state index in [0.29, 0.717) is 30.2 Å². The number of aliphatic hydroxyl groups is 1. The highest BCUT2D eigenvalue weighted by Crippen LogP contribution is 2.44. The van der Waals surface area contributed by atoms with Gasteiger partial charge >= 0.3 is 5.97 Å². The van der Waals surface area contributed by atoms with Crippen molar-refractivity contribution in [3.05, 3.63) is 58.7 Å². The number of fused-ring (bicyclic) bond motifs is 2. The number of benzene rings is 2. The second-order valence-electron chi connectivity index (χ2n) is 10.7. The summed E-state index contributed by atoms with van der Waals surface area (Å²) in [7, 11) is 0. The molecule has 0 radical (unpaired) electrons. The predicted molar refractivity (Wildman–Crippen MR) is 129 cm³/mol. The molecule has 5 rings (SSSR count). The Morgan fingerprint density at radius 1 is 1.12 bits per heavy atom. The lowest BCUT2D eigenvalue weighted by Gasteiger charge is -2.37. The third kappa shape index (κ3) is 4.31. The van der Waals surface area contributed by atoms with Crippen LogP contribution in [0.2, 0.25) is 0 Å². The van der Waals surface area contributed by atoms with Gasteiger partial charge in [0.2, 0.25) is 0 Å². The van der Waals surface area contributed by atoms with Gasteiger partial charge in [-0.15, -0.1) is 0 Å². The van der Waals surface area contributed by atoms with Crippen LogP contribution in [-0.4, -0.2) is 29.2 Å². The molecule has 0 bridgehead atoms. The van der Waals surface area contributed by atoms with E-state index < -0.39 is 16.9 Å². The van der Waals surface area contributed by atoms with Crippen molar-refractivity contribution in [3.63, 3.8) is 0 Å². The van der Waals surface area contributed by atoms with Crippen LogP contribution in [-0.2, 0) is 28.0 Å². The number of cyclic esters (lactones) is 1. The Labute approximate surface area is 200 Å². The third-order valence-corrected chi connectivity index (χ3v) is 7.64. The molecule has 1 unspecified atom stereocenters. The molecule has 180 valence electrons. The van der Waals surface area contributed by atoms with E-state index in [1.54, 1.807) is 18.2 Å². The SMILES string of the molecule is CC(C)(CC(O)(CC1CCCC1)C(=O)Nc1ccc2c(c1)COC2=O)c1cccc2c1OCC2. The molecule has 1 atom stereocenters. The first kappa shape index (κ1) is 22.9. The Balaban J connectivity index is 1.42. The number of ether oxygens (including phenoxy) is 2. The minimum atomic E-state index is -1.54. The molecule has 1 saturated carbocycles. The Hall–Kier alpha value is -2.86. The maximum absolute atomic E-state index is 13.6. The summed E-state index contributed by atoms with van der Waals surface area (Å²) in [5, 5.41) is 14.9. The maximum atomic E-state index is 13.6. The van der Waals surface area contributed by atoms with Crippen molar-refractivity contribution >= 4 is 17.6 Å². The van der Waals surface area contributed by atoms with Crippen LogP contribution in [0.1, 0.15) is 79.4 Å². The average Bonchev–Trinajstić information content (AvgIpc) is 3.54. The van der Waals surface area contributed by atoms with E-state index in [1.165, 1.54) is 5.56 Å². The van der Waals surface area contributed by atoms with Gasteiger partial charge in [0, 0.05) is 23.2 Å². The number of rotatable bonds is 7. The van der Waals surface area contributed by atoms with Crippen molar-refractivity contribution < 1.29 is 24.2 Å². The van der Waals surface area contributed by atoms with E-state index in [-0.39, 0.29) is 19.0 Å². The van der Waals surface area contributed by atoms with E-state index in [0.717, 1.165) is 49.0 Å². The minimum Gasteiger partial charge on any atom is -0.493 e. The molecule has 1 aliphatic carbocycles. The summed E-state index contributed by atoms with van der Waals surface area (Å²) < 4.78 is 11.0. The number of amides is 1. The topological polar surface area (TPSA) is 84.9 Å². The number of hydrogen-bond acceptors (Lipinski definition) is 5. The maximum Gasteiger partial charge on any atom is 0.338 e. The highest BCUT2D eigenvalue weighted by Gasteiger charge is 2.45. The number of esters is 1. The number of carbonyl (C=O) groups is 2. The largest absolute Gasteiger partial charge is 0.493 e. The van der Waals surface area contributed by atoms with Crippen molar-refractivity contribution in [1.29, 1.82) is 0 Å². The van der Waals surface area contributed by atoms with Crippen molar-refractivity contribution in [3.8, 4) is 5.75 Å². The summed E-state index contributed by atoms with van der Waals surface area (Å²) in [5.41, 5.74) is 2.05. The Morgan fingerprint density at radius 3 is 2.71 bits per heavy atom. The van der Waals surface area contributed by atoms with Crippen molar-refractivity contribution in [2.24, 2.45) is 5.92 Å². The lowest BCUT2D eigenvalue weighted by Crippen LogP contribution is -2.48. The van der Waals surface area contributed by atoms with E-state index >= 15 is 0 Å². The van der Waals surface area contributed by atoms with Gasteiger partial charge in [-0.05, 0) is 47.9 Å². The second kappa shape index (κ2) is 8.73. The predicted octanol–water partition coefficient (Wildman–Crippen LogP) is 4.91. The van der Waals surface area contributed by atoms with Gasteiger partial charge in [-0.25, -0.2) is 4.79 Å². The Morgan fingerprint density at radius 2 is 1.91 bits per heavy atom. The van der Waals surface area contributed by atoms with Crippen LogP contribution in [0.25, 0.3) is 0 Å². The summed E-state index contributed by atoms with van der Waals surface area (Å²) in [6.45, 7) is 5.03. The normalized spacial score (nSPS) is 19.2. The number of para-hydroxylation sites is 1.